The number of para-hydroxylation sites is 1. The van der Waals surface area contributed by atoms with Crippen LogP contribution in [0.2, 0.25) is 0 Å². The number of hydrogen-bond acceptors (Lipinski definition) is 4. The molecular formula is C17H16F2N2O3. The second-order valence-corrected chi connectivity index (χ2v) is 4.98. The van der Waals surface area contributed by atoms with Crippen molar-refractivity contribution in [1.29, 1.82) is 0 Å². The van der Waals surface area contributed by atoms with Crippen molar-refractivity contribution in [2.24, 2.45) is 0 Å². The maximum Gasteiger partial charge on any atom is 0.243 e. The van der Waals surface area contributed by atoms with Crippen molar-refractivity contribution in [3.05, 3.63) is 53.6 Å². The number of hydrogen-bond donors (Lipinski definition) is 2. The van der Waals surface area contributed by atoms with Gasteiger partial charge in [-0.1, -0.05) is 12.1 Å². The molecule has 24 heavy (non-hydrogen) atoms. The molecule has 0 aromatic heterocycles. The van der Waals surface area contributed by atoms with Gasteiger partial charge in [-0.25, -0.2) is 8.78 Å². The van der Waals surface area contributed by atoms with Crippen LogP contribution >= 0.6 is 0 Å². The zero-order valence-corrected chi connectivity index (χ0v) is 13.2. The Hall–Kier alpha value is -2.96. The zero-order valence-electron chi connectivity index (χ0n) is 13.2. The highest BCUT2D eigenvalue weighted by Crippen LogP contribution is 2.25. The number of amides is 1. The summed E-state index contributed by atoms with van der Waals surface area (Å²) >= 11 is 0. The van der Waals surface area contributed by atoms with Gasteiger partial charge < -0.3 is 15.4 Å². The van der Waals surface area contributed by atoms with Gasteiger partial charge in [0.1, 0.15) is 0 Å². The third-order valence-corrected chi connectivity index (χ3v) is 3.24. The first kappa shape index (κ1) is 17.4. The number of rotatable bonds is 6. The van der Waals surface area contributed by atoms with Gasteiger partial charge in [-0.2, -0.15) is 0 Å². The summed E-state index contributed by atoms with van der Waals surface area (Å²) in [5.74, 6) is -2.87. The summed E-state index contributed by atoms with van der Waals surface area (Å²) in [4.78, 5) is 23.5. The summed E-state index contributed by atoms with van der Waals surface area (Å²) in [5.41, 5.74) is 0.858. The van der Waals surface area contributed by atoms with Crippen molar-refractivity contribution in [3.63, 3.8) is 0 Å². The number of halogens is 2. The van der Waals surface area contributed by atoms with E-state index in [1.165, 1.54) is 6.92 Å². The molecule has 7 heteroatoms. The monoisotopic (exact) mass is 334 g/mol. The Morgan fingerprint density at radius 2 is 1.75 bits per heavy atom. The van der Waals surface area contributed by atoms with E-state index in [2.05, 4.69) is 15.4 Å². The summed E-state index contributed by atoms with van der Waals surface area (Å²) in [7, 11) is 1.16. The van der Waals surface area contributed by atoms with Crippen LogP contribution in [0, 0.1) is 11.6 Å². The topological polar surface area (TPSA) is 67.4 Å². The lowest BCUT2D eigenvalue weighted by Crippen LogP contribution is -2.22. The Kier molecular flexibility index (Phi) is 5.47. The van der Waals surface area contributed by atoms with Crippen LogP contribution in [-0.4, -0.2) is 25.3 Å². The highest BCUT2D eigenvalue weighted by molar-refractivity contribution is 6.04. The Morgan fingerprint density at radius 1 is 1.12 bits per heavy atom. The van der Waals surface area contributed by atoms with E-state index >= 15 is 0 Å². The van der Waals surface area contributed by atoms with E-state index in [0.717, 1.165) is 19.2 Å². The number of anilines is 2. The molecule has 0 aliphatic heterocycles. The largest absolute Gasteiger partial charge is 0.491 e. The minimum absolute atomic E-state index is 0.0980. The molecule has 0 aliphatic rings. The molecule has 126 valence electrons. The van der Waals surface area contributed by atoms with Crippen LogP contribution in [0.4, 0.5) is 20.2 Å². The quantitative estimate of drug-likeness (QED) is 0.796. The molecule has 2 aromatic carbocycles. The lowest BCUT2D eigenvalue weighted by atomic mass is 10.1. The number of carbonyl (C=O) groups is 2. The number of nitrogens with one attached hydrogen (secondary N) is 2. The smallest absolute Gasteiger partial charge is 0.243 e. The zero-order chi connectivity index (χ0) is 17.7. The molecule has 0 saturated carbocycles. The van der Waals surface area contributed by atoms with Gasteiger partial charge in [0, 0.05) is 23.4 Å². The normalized spacial score (nSPS) is 10.2. The average molecular weight is 334 g/mol. The van der Waals surface area contributed by atoms with Crippen molar-refractivity contribution in [2.75, 3.05) is 24.3 Å². The summed E-state index contributed by atoms with van der Waals surface area (Å²) in [5, 5.41) is 5.19. The maximum atomic E-state index is 13.6. The Morgan fingerprint density at radius 3 is 2.33 bits per heavy atom. The molecule has 1 amide bonds. The lowest BCUT2D eigenvalue weighted by molar-refractivity contribution is -0.114. The number of carbonyl (C=O) groups excluding carboxylic acids is 2. The second kappa shape index (κ2) is 7.54. The van der Waals surface area contributed by atoms with Crippen LogP contribution in [0.15, 0.2) is 36.4 Å². The van der Waals surface area contributed by atoms with Crippen molar-refractivity contribution in [1.82, 2.24) is 0 Å². The molecule has 0 unspecified atom stereocenters. The molecule has 0 saturated heterocycles. The number of ketones is 1. The fourth-order valence-corrected chi connectivity index (χ4v) is 2.13. The summed E-state index contributed by atoms with van der Waals surface area (Å²) in [6.45, 7) is 1.17. The van der Waals surface area contributed by atoms with E-state index in [4.69, 9.17) is 0 Å². The van der Waals surface area contributed by atoms with E-state index < -0.39 is 23.3 Å². The number of ether oxygens (including phenoxy) is 1. The van der Waals surface area contributed by atoms with Crippen LogP contribution < -0.4 is 15.4 Å². The molecule has 0 radical (unpaired) electrons. The number of benzene rings is 2. The van der Waals surface area contributed by atoms with Gasteiger partial charge in [0.25, 0.3) is 0 Å². The first-order valence-electron chi connectivity index (χ1n) is 7.09. The fourth-order valence-electron chi connectivity index (χ4n) is 2.13. The van der Waals surface area contributed by atoms with Gasteiger partial charge in [0.15, 0.2) is 23.2 Å². The van der Waals surface area contributed by atoms with Crippen molar-refractivity contribution in [2.45, 2.75) is 6.92 Å². The van der Waals surface area contributed by atoms with Crippen LogP contribution in [0.25, 0.3) is 0 Å². The van der Waals surface area contributed by atoms with E-state index in [9.17, 15) is 18.4 Å². The standard InChI is InChI=1S/C17H16F2N2O3/c1-10(22)12-5-3-4-6-15(12)21-16(23)9-20-11-7-13(18)17(24-2)14(19)8-11/h3-8,20H,9H2,1-2H3,(H,21,23). The summed E-state index contributed by atoms with van der Waals surface area (Å²) < 4.78 is 31.7. The molecule has 0 fully saturated rings. The molecular weight excluding hydrogens is 318 g/mol. The molecule has 2 N–H and O–H groups in total. The van der Waals surface area contributed by atoms with Crippen molar-refractivity contribution in [3.8, 4) is 5.75 Å². The third kappa shape index (κ3) is 4.07. The lowest BCUT2D eigenvalue weighted by Gasteiger charge is -2.11. The van der Waals surface area contributed by atoms with Gasteiger partial charge in [0.2, 0.25) is 5.91 Å². The highest BCUT2D eigenvalue weighted by Gasteiger charge is 2.13. The molecule has 0 atom stereocenters. The Bertz CT molecular complexity index is 755. The summed E-state index contributed by atoms with van der Waals surface area (Å²) in [6, 6.07) is 8.62. The summed E-state index contributed by atoms with van der Waals surface area (Å²) in [6.07, 6.45) is 0. The number of methoxy groups -OCH3 is 1. The molecule has 2 rings (SSSR count). The van der Waals surface area contributed by atoms with Crippen LogP contribution in [0.1, 0.15) is 17.3 Å². The number of Topliss-reactive ketones (excluding diaryl/α,β-unsaturated/α-hetero) is 1. The average Bonchev–Trinajstić information content (AvgIpc) is 2.53. The SMILES string of the molecule is COc1c(F)cc(NCC(=O)Nc2ccccc2C(C)=O)cc1F. The Labute approximate surface area is 137 Å². The minimum atomic E-state index is -0.873. The van der Waals surface area contributed by atoms with Crippen LogP contribution in [0.3, 0.4) is 0 Å². The molecule has 0 bridgehead atoms. The second-order valence-electron chi connectivity index (χ2n) is 4.98. The van der Waals surface area contributed by atoms with Crippen LogP contribution in [-0.2, 0) is 4.79 Å². The van der Waals surface area contributed by atoms with Crippen LogP contribution in [0.5, 0.6) is 5.75 Å². The van der Waals surface area contributed by atoms with E-state index in [0.29, 0.717) is 11.3 Å². The van der Waals surface area contributed by atoms with Gasteiger partial charge >= 0.3 is 0 Å². The first-order chi connectivity index (χ1) is 11.4. The van der Waals surface area contributed by atoms with Gasteiger partial charge in [0.05, 0.1) is 19.3 Å². The fraction of sp³-hybridized carbons (Fsp3) is 0.176. The first-order valence-corrected chi connectivity index (χ1v) is 7.09. The van der Waals surface area contributed by atoms with Crippen molar-refractivity contribution >= 4 is 23.1 Å². The molecule has 0 spiro atoms. The predicted octanol–water partition coefficient (Wildman–Crippen LogP) is 3.23. The van der Waals surface area contributed by atoms with Gasteiger partial charge in [-0.3, -0.25) is 9.59 Å². The minimum Gasteiger partial charge on any atom is -0.491 e. The maximum absolute atomic E-state index is 13.6. The molecule has 5 nitrogen and oxygen atoms in total. The van der Waals surface area contributed by atoms with Crippen molar-refractivity contribution < 1.29 is 23.1 Å². The molecule has 2 aromatic rings. The third-order valence-electron chi connectivity index (χ3n) is 3.24. The molecule has 0 heterocycles. The molecule has 0 aliphatic carbocycles. The van der Waals surface area contributed by atoms with Gasteiger partial charge in [-0.05, 0) is 19.1 Å². The van der Waals surface area contributed by atoms with Gasteiger partial charge in [-0.15, -0.1) is 0 Å². The Balaban J connectivity index is 2.03. The highest BCUT2D eigenvalue weighted by atomic mass is 19.1. The van der Waals surface area contributed by atoms with E-state index in [-0.39, 0.29) is 18.0 Å². The van der Waals surface area contributed by atoms with E-state index in [1.807, 2.05) is 0 Å². The predicted molar refractivity (Wildman–Crippen MR) is 86.5 cm³/mol. The van der Waals surface area contributed by atoms with E-state index in [1.54, 1.807) is 24.3 Å².